The first-order chi connectivity index (χ1) is 30.5. The van der Waals surface area contributed by atoms with Crippen molar-refractivity contribution in [1.29, 1.82) is 0 Å². The molecular weight excluding hydrogens is 927 g/mol. The summed E-state index contributed by atoms with van der Waals surface area (Å²) in [6.07, 6.45) is 1.39. The summed E-state index contributed by atoms with van der Waals surface area (Å²) in [6.45, 7) is 7.03. The van der Waals surface area contributed by atoms with E-state index in [-0.39, 0.29) is 37.5 Å². The fourth-order valence-corrected chi connectivity index (χ4v) is 8.27. The molecule has 0 aliphatic carbocycles. The van der Waals surface area contributed by atoms with Gasteiger partial charge in [-0.3, -0.25) is 4.98 Å². The van der Waals surface area contributed by atoms with E-state index in [0.717, 1.165) is 77.6 Å². The molecule has 1 radical (unpaired) electrons. The average Bonchev–Trinajstić information content (AvgIpc) is 3.99. The summed E-state index contributed by atoms with van der Waals surface area (Å²) in [5, 5.41) is 4.16. The molecule has 0 bridgehead atoms. The largest absolute Gasteiger partial charge is 0.501 e. The van der Waals surface area contributed by atoms with E-state index in [1.54, 1.807) is 18.2 Å². The molecule has 7 aromatic carbocycles. The van der Waals surface area contributed by atoms with Gasteiger partial charge in [-0.2, -0.15) is 0 Å². The summed E-state index contributed by atoms with van der Waals surface area (Å²) in [4.78, 5) is 9.42. The van der Waals surface area contributed by atoms with Crippen molar-refractivity contribution in [2.75, 3.05) is 0 Å². The Hall–Kier alpha value is -6.59. The molecular formula is C55H43IrN3O2-2. The number of furan rings is 2. The topological polar surface area (TPSA) is 57.0 Å². The Morgan fingerprint density at radius 1 is 0.607 bits per heavy atom. The minimum Gasteiger partial charge on any atom is -0.501 e. The van der Waals surface area contributed by atoms with Crippen LogP contribution in [0.5, 0.6) is 0 Å². The monoisotopic (exact) mass is 973 g/mol. The standard InChI is InChI=1S/C43H33N2O2.C12H10N.Ir/c1-25(2)32-21-28(27-13-6-5-7-14-27)22-33(26(3)4)41(32)45-37-19-10-9-18-36(37)44-43(45)31-17-12-16-30-35-24-39-34(23-40(35)47-42(30)31)29-15-8-11-20-38(29)46-39;1-10-7-8-12(13-9-10)11-5-3-2-4-6-11;/h5-16,18-26H,1-4H3;2-5,7-9H,1H3;/q2*-1;/i;1D3;. The Kier molecular flexibility index (Phi) is 9.79. The third-order valence-corrected chi connectivity index (χ3v) is 11.2. The first-order valence-corrected chi connectivity index (χ1v) is 20.4. The van der Waals surface area contributed by atoms with E-state index in [4.69, 9.17) is 17.9 Å². The zero-order chi connectivity index (χ0) is 43.4. The molecule has 0 fully saturated rings. The summed E-state index contributed by atoms with van der Waals surface area (Å²) in [6, 6.07) is 57.6. The predicted molar refractivity (Wildman–Crippen MR) is 247 cm³/mol. The molecule has 0 aliphatic rings. The Balaban J connectivity index is 0.000000258. The van der Waals surface area contributed by atoms with Gasteiger partial charge in [0.25, 0.3) is 0 Å². The number of hydrogen-bond donors (Lipinski definition) is 0. The van der Waals surface area contributed by atoms with E-state index in [1.807, 2.05) is 42.5 Å². The van der Waals surface area contributed by atoms with Gasteiger partial charge in [0.1, 0.15) is 16.7 Å². The van der Waals surface area contributed by atoms with Crippen molar-refractivity contribution in [3.05, 3.63) is 187 Å². The third kappa shape index (κ3) is 7.26. The number of rotatable bonds is 6. The first-order valence-electron chi connectivity index (χ1n) is 21.9. The molecule has 0 atom stereocenters. The number of aromatic nitrogens is 3. The van der Waals surface area contributed by atoms with Gasteiger partial charge >= 0.3 is 0 Å². The number of fused-ring (bicyclic) bond motifs is 7. The Labute approximate surface area is 373 Å². The molecule has 0 aliphatic heterocycles. The van der Waals surface area contributed by atoms with Crippen LogP contribution >= 0.6 is 0 Å². The SMILES string of the molecule is CC(C)c1cc(-c2ccccc2)cc(C(C)C)c1-n1c(-c2[c-]ccc3c2oc2cc4c(cc23)oc2ccccc24)nc2ccccc21.[2H]C([2H])([2H])c1ccc(-c2[c-]cccc2)nc1.[Ir]. The summed E-state index contributed by atoms with van der Waals surface area (Å²) in [5.74, 6) is 1.37. The van der Waals surface area contributed by atoms with Crippen molar-refractivity contribution in [3.8, 4) is 39.5 Å². The third-order valence-electron chi connectivity index (χ3n) is 11.2. The van der Waals surface area contributed by atoms with E-state index >= 15 is 0 Å². The molecule has 0 saturated heterocycles. The molecule has 0 N–H and O–H groups in total. The number of imidazole rings is 1. The second-order valence-corrected chi connectivity index (χ2v) is 15.8. The predicted octanol–water partition coefficient (Wildman–Crippen LogP) is 15.1. The van der Waals surface area contributed by atoms with Crippen LogP contribution in [0.15, 0.2) is 167 Å². The number of para-hydroxylation sites is 3. The van der Waals surface area contributed by atoms with Gasteiger partial charge < -0.3 is 18.4 Å². The molecule has 0 saturated carbocycles. The van der Waals surface area contributed by atoms with Crippen molar-refractivity contribution >= 4 is 54.9 Å². The molecule has 4 heterocycles. The number of benzene rings is 7. The summed E-state index contributed by atoms with van der Waals surface area (Å²) in [7, 11) is 0. The van der Waals surface area contributed by atoms with Crippen LogP contribution in [0.25, 0.3) is 94.4 Å². The van der Waals surface area contributed by atoms with Crippen LogP contribution in [0.2, 0.25) is 0 Å². The second-order valence-electron chi connectivity index (χ2n) is 15.8. The van der Waals surface area contributed by atoms with Crippen LogP contribution in [0.3, 0.4) is 0 Å². The van der Waals surface area contributed by atoms with Crippen molar-refractivity contribution in [1.82, 2.24) is 14.5 Å². The summed E-state index contributed by atoms with van der Waals surface area (Å²) in [5.41, 5.74) is 14.2. The van der Waals surface area contributed by atoms with E-state index in [9.17, 15) is 0 Å². The minimum atomic E-state index is -2.09. The quantitative estimate of drug-likeness (QED) is 0.156. The summed E-state index contributed by atoms with van der Waals surface area (Å²) >= 11 is 0. The van der Waals surface area contributed by atoms with Crippen molar-refractivity contribution in [2.45, 2.75) is 46.4 Å². The van der Waals surface area contributed by atoms with Crippen LogP contribution in [-0.2, 0) is 20.1 Å². The molecule has 11 rings (SSSR count). The van der Waals surface area contributed by atoms with Crippen molar-refractivity contribution in [3.63, 3.8) is 0 Å². The van der Waals surface area contributed by atoms with Crippen LogP contribution in [0.4, 0.5) is 0 Å². The molecule has 4 aromatic heterocycles. The van der Waals surface area contributed by atoms with Gasteiger partial charge in [-0.05, 0) is 94.7 Å². The minimum absolute atomic E-state index is 0. The van der Waals surface area contributed by atoms with Gasteiger partial charge in [-0.25, -0.2) is 0 Å². The molecule has 61 heavy (non-hydrogen) atoms. The zero-order valence-corrected chi connectivity index (χ0v) is 36.6. The fraction of sp³-hybridized carbons (Fsp3) is 0.127. The fourth-order valence-electron chi connectivity index (χ4n) is 8.27. The number of nitrogens with zero attached hydrogens (tertiary/aromatic N) is 3. The number of hydrogen-bond acceptors (Lipinski definition) is 4. The van der Waals surface area contributed by atoms with Crippen LogP contribution in [0.1, 0.15) is 60.3 Å². The van der Waals surface area contributed by atoms with E-state index in [0.29, 0.717) is 0 Å². The Morgan fingerprint density at radius 3 is 2.03 bits per heavy atom. The van der Waals surface area contributed by atoms with Gasteiger partial charge in [0.05, 0.1) is 22.4 Å². The smallest absolute Gasteiger partial charge is 0.136 e. The zero-order valence-electron chi connectivity index (χ0n) is 37.2. The van der Waals surface area contributed by atoms with Crippen LogP contribution in [0, 0.1) is 19.0 Å². The van der Waals surface area contributed by atoms with Gasteiger partial charge in [0, 0.05) is 52.3 Å². The Bertz CT molecular complexity index is 3410. The van der Waals surface area contributed by atoms with Gasteiger partial charge in [-0.15, -0.1) is 54.1 Å². The number of pyridine rings is 1. The molecule has 6 heteroatoms. The first kappa shape index (κ1) is 36.3. The van der Waals surface area contributed by atoms with E-state index < -0.39 is 6.85 Å². The van der Waals surface area contributed by atoms with Crippen molar-refractivity contribution < 1.29 is 33.1 Å². The maximum Gasteiger partial charge on any atom is 0.136 e. The van der Waals surface area contributed by atoms with Gasteiger partial charge in [0.2, 0.25) is 0 Å². The number of aryl methyl sites for hydroxylation is 1. The van der Waals surface area contributed by atoms with Crippen LogP contribution in [-0.4, -0.2) is 14.5 Å². The molecule has 0 amide bonds. The maximum atomic E-state index is 7.23. The maximum absolute atomic E-state index is 7.23. The second kappa shape index (κ2) is 16.5. The molecule has 301 valence electrons. The van der Waals surface area contributed by atoms with Gasteiger partial charge in [0.15, 0.2) is 0 Å². The Morgan fingerprint density at radius 2 is 1.31 bits per heavy atom. The van der Waals surface area contributed by atoms with E-state index in [1.165, 1.54) is 34.1 Å². The van der Waals surface area contributed by atoms with Crippen molar-refractivity contribution in [2.24, 2.45) is 0 Å². The molecule has 5 nitrogen and oxygen atoms in total. The average molecular weight is 973 g/mol. The molecule has 0 unspecified atom stereocenters. The molecule has 11 aromatic rings. The van der Waals surface area contributed by atoms with Crippen LogP contribution < -0.4 is 0 Å². The summed E-state index contributed by atoms with van der Waals surface area (Å²) < 4.78 is 37.1. The van der Waals surface area contributed by atoms with Gasteiger partial charge in [-0.1, -0.05) is 111 Å². The van der Waals surface area contributed by atoms with E-state index in [2.05, 4.69) is 140 Å². The normalized spacial score (nSPS) is 12.5. The molecule has 0 spiro atoms.